The molecule has 8 heteroatoms. The number of amides is 2. The standard InChI is InChI=1S/C17H21N5O3/c1-11(12-5-3-6-13(9-12)22(24)25)19-17(23)20-15-7-4-8-16-14(15)10-18-21(16)2/h3,5-6,9-11,15H,4,7-8H2,1-2H3,(H2,19,20,23)/t11-,15+/m1/s1. The second-order valence-electron chi connectivity index (χ2n) is 6.31. The van der Waals surface area contributed by atoms with Gasteiger partial charge >= 0.3 is 6.03 Å². The summed E-state index contributed by atoms with van der Waals surface area (Å²) in [4.78, 5) is 22.8. The molecule has 2 atom stereocenters. The van der Waals surface area contributed by atoms with Crippen molar-refractivity contribution in [3.05, 3.63) is 57.4 Å². The monoisotopic (exact) mass is 343 g/mol. The van der Waals surface area contributed by atoms with Gasteiger partial charge in [-0.25, -0.2) is 4.79 Å². The second-order valence-corrected chi connectivity index (χ2v) is 6.31. The minimum atomic E-state index is -0.442. The molecular formula is C17H21N5O3. The summed E-state index contributed by atoms with van der Waals surface area (Å²) in [7, 11) is 1.91. The maximum Gasteiger partial charge on any atom is 0.315 e. The molecule has 1 aromatic carbocycles. The number of nitrogens with zero attached hydrogens (tertiary/aromatic N) is 3. The van der Waals surface area contributed by atoms with Crippen LogP contribution in [0.4, 0.5) is 10.5 Å². The summed E-state index contributed by atoms with van der Waals surface area (Å²) in [5.74, 6) is 0. The van der Waals surface area contributed by atoms with Crippen molar-refractivity contribution in [2.24, 2.45) is 7.05 Å². The molecule has 0 saturated heterocycles. The number of hydrogen-bond donors (Lipinski definition) is 2. The molecule has 0 spiro atoms. The maximum atomic E-state index is 12.3. The van der Waals surface area contributed by atoms with Crippen LogP contribution in [0.5, 0.6) is 0 Å². The van der Waals surface area contributed by atoms with E-state index in [0.29, 0.717) is 5.56 Å². The van der Waals surface area contributed by atoms with Crippen molar-refractivity contribution in [2.75, 3.05) is 0 Å². The summed E-state index contributed by atoms with van der Waals surface area (Å²) in [6, 6.07) is 5.60. The fraction of sp³-hybridized carbons (Fsp3) is 0.412. The molecule has 0 aliphatic heterocycles. The molecule has 3 rings (SSSR count). The third-order valence-electron chi connectivity index (χ3n) is 4.61. The zero-order valence-electron chi connectivity index (χ0n) is 14.2. The highest BCUT2D eigenvalue weighted by Gasteiger charge is 2.25. The summed E-state index contributed by atoms with van der Waals surface area (Å²) in [5.41, 5.74) is 2.92. The Bertz CT molecular complexity index is 801. The number of aromatic nitrogens is 2. The first-order chi connectivity index (χ1) is 12.0. The van der Waals surface area contributed by atoms with E-state index in [4.69, 9.17) is 0 Å². The SMILES string of the molecule is C[C@@H](NC(=O)N[C@H]1CCCc2c1cnn2C)c1cccc([N+](=O)[O-])c1. The van der Waals surface area contributed by atoms with Crippen molar-refractivity contribution in [3.63, 3.8) is 0 Å². The van der Waals surface area contributed by atoms with Gasteiger partial charge in [-0.3, -0.25) is 14.8 Å². The Morgan fingerprint density at radius 3 is 3.04 bits per heavy atom. The lowest BCUT2D eigenvalue weighted by molar-refractivity contribution is -0.384. The molecule has 1 aliphatic rings. The fourth-order valence-corrected chi connectivity index (χ4v) is 3.24. The van der Waals surface area contributed by atoms with Crippen LogP contribution in [-0.4, -0.2) is 20.7 Å². The third-order valence-corrected chi connectivity index (χ3v) is 4.61. The van der Waals surface area contributed by atoms with Crippen molar-refractivity contribution in [1.29, 1.82) is 0 Å². The first-order valence-electron chi connectivity index (χ1n) is 8.28. The van der Waals surface area contributed by atoms with Crippen LogP contribution in [0.25, 0.3) is 0 Å². The van der Waals surface area contributed by atoms with Gasteiger partial charge in [0.2, 0.25) is 0 Å². The Kier molecular flexibility index (Phi) is 4.69. The van der Waals surface area contributed by atoms with Crippen LogP contribution in [0.15, 0.2) is 30.5 Å². The topological polar surface area (TPSA) is 102 Å². The fourth-order valence-electron chi connectivity index (χ4n) is 3.24. The van der Waals surface area contributed by atoms with Gasteiger partial charge < -0.3 is 10.6 Å². The predicted octanol–water partition coefficient (Wildman–Crippen LogP) is 2.77. The summed E-state index contributed by atoms with van der Waals surface area (Å²) in [6.07, 6.45) is 4.65. The Morgan fingerprint density at radius 1 is 1.48 bits per heavy atom. The van der Waals surface area contributed by atoms with Crippen molar-refractivity contribution >= 4 is 11.7 Å². The molecule has 0 saturated carbocycles. The molecular weight excluding hydrogens is 322 g/mol. The van der Waals surface area contributed by atoms with Crippen LogP contribution in [0.2, 0.25) is 0 Å². The van der Waals surface area contributed by atoms with E-state index in [-0.39, 0.29) is 23.8 Å². The summed E-state index contributed by atoms with van der Waals surface area (Å²) in [6.45, 7) is 1.80. The van der Waals surface area contributed by atoms with Gasteiger partial charge in [-0.1, -0.05) is 12.1 Å². The average molecular weight is 343 g/mol. The third kappa shape index (κ3) is 3.62. The van der Waals surface area contributed by atoms with Crippen molar-refractivity contribution in [3.8, 4) is 0 Å². The van der Waals surface area contributed by atoms with Crippen molar-refractivity contribution in [2.45, 2.75) is 38.3 Å². The number of nitrogens with one attached hydrogen (secondary N) is 2. The molecule has 2 amide bonds. The van der Waals surface area contributed by atoms with E-state index < -0.39 is 4.92 Å². The number of urea groups is 1. The molecule has 0 fully saturated rings. The van der Waals surface area contributed by atoms with E-state index in [9.17, 15) is 14.9 Å². The Hall–Kier alpha value is -2.90. The zero-order valence-corrected chi connectivity index (χ0v) is 14.2. The minimum Gasteiger partial charge on any atom is -0.332 e. The van der Waals surface area contributed by atoms with E-state index in [1.807, 2.05) is 17.9 Å². The van der Waals surface area contributed by atoms with E-state index in [1.54, 1.807) is 19.1 Å². The molecule has 0 unspecified atom stereocenters. The molecule has 2 N–H and O–H groups in total. The minimum absolute atomic E-state index is 0.0128. The molecule has 25 heavy (non-hydrogen) atoms. The number of carbonyl (C=O) groups is 1. The molecule has 0 radical (unpaired) electrons. The Labute approximate surface area is 145 Å². The van der Waals surface area contributed by atoms with Gasteiger partial charge in [-0.05, 0) is 31.7 Å². The summed E-state index contributed by atoms with van der Waals surface area (Å²) >= 11 is 0. The maximum absolute atomic E-state index is 12.3. The number of benzene rings is 1. The van der Waals surface area contributed by atoms with Gasteiger partial charge in [-0.15, -0.1) is 0 Å². The van der Waals surface area contributed by atoms with Crippen LogP contribution in [0, 0.1) is 10.1 Å². The number of fused-ring (bicyclic) bond motifs is 1. The van der Waals surface area contributed by atoms with E-state index in [0.717, 1.165) is 30.5 Å². The average Bonchev–Trinajstić information content (AvgIpc) is 2.97. The normalized spacial score (nSPS) is 17.4. The van der Waals surface area contributed by atoms with Gasteiger partial charge in [0.25, 0.3) is 5.69 Å². The van der Waals surface area contributed by atoms with Crippen LogP contribution < -0.4 is 10.6 Å². The second kappa shape index (κ2) is 6.92. The highest BCUT2D eigenvalue weighted by atomic mass is 16.6. The molecule has 0 bridgehead atoms. The van der Waals surface area contributed by atoms with Crippen LogP contribution in [0.1, 0.15) is 48.7 Å². The van der Waals surface area contributed by atoms with Gasteiger partial charge in [0, 0.05) is 30.4 Å². The highest BCUT2D eigenvalue weighted by molar-refractivity contribution is 5.75. The molecule has 132 valence electrons. The van der Waals surface area contributed by atoms with Crippen molar-refractivity contribution in [1.82, 2.24) is 20.4 Å². The van der Waals surface area contributed by atoms with Crippen LogP contribution in [-0.2, 0) is 13.5 Å². The molecule has 2 aromatic rings. The quantitative estimate of drug-likeness (QED) is 0.658. The summed E-state index contributed by atoms with van der Waals surface area (Å²) in [5, 5.41) is 21.0. The lowest BCUT2D eigenvalue weighted by Crippen LogP contribution is -2.40. The number of hydrogen-bond acceptors (Lipinski definition) is 4. The molecule has 8 nitrogen and oxygen atoms in total. The zero-order chi connectivity index (χ0) is 18.0. The first kappa shape index (κ1) is 16.9. The predicted molar refractivity (Wildman–Crippen MR) is 92.1 cm³/mol. The number of carbonyl (C=O) groups excluding carboxylic acids is 1. The number of nitro groups is 1. The lowest BCUT2D eigenvalue weighted by Gasteiger charge is -2.25. The molecule has 1 aromatic heterocycles. The first-order valence-corrected chi connectivity index (χ1v) is 8.28. The summed E-state index contributed by atoms with van der Waals surface area (Å²) < 4.78 is 1.85. The number of rotatable bonds is 4. The van der Waals surface area contributed by atoms with Gasteiger partial charge in [0.05, 0.1) is 23.2 Å². The number of non-ortho nitro benzene ring substituents is 1. The molecule has 1 heterocycles. The highest BCUT2D eigenvalue weighted by Crippen LogP contribution is 2.29. The number of nitro benzene ring substituents is 1. The van der Waals surface area contributed by atoms with E-state index >= 15 is 0 Å². The Morgan fingerprint density at radius 2 is 2.28 bits per heavy atom. The van der Waals surface area contributed by atoms with Crippen molar-refractivity contribution < 1.29 is 9.72 Å². The number of aryl methyl sites for hydroxylation is 1. The van der Waals surface area contributed by atoms with E-state index in [1.165, 1.54) is 12.1 Å². The van der Waals surface area contributed by atoms with Gasteiger partial charge in [0.1, 0.15) is 0 Å². The van der Waals surface area contributed by atoms with Crippen LogP contribution in [0.3, 0.4) is 0 Å². The van der Waals surface area contributed by atoms with E-state index in [2.05, 4.69) is 15.7 Å². The molecule has 1 aliphatic carbocycles. The smallest absolute Gasteiger partial charge is 0.315 e. The van der Waals surface area contributed by atoms with Gasteiger partial charge in [-0.2, -0.15) is 5.10 Å². The largest absolute Gasteiger partial charge is 0.332 e. The Balaban J connectivity index is 1.65. The van der Waals surface area contributed by atoms with Crippen LogP contribution >= 0.6 is 0 Å². The van der Waals surface area contributed by atoms with Gasteiger partial charge in [0.15, 0.2) is 0 Å². The lowest BCUT2D eigenvalue weighted by atomic mass is 9.93.